The van der Waals surface area contributed by atoms with E-state index >= 15 is 0 Å². The van der Waals surface area contributed by atoms with Crippen molar-refractivity contribution in [1.82, 2.24) is 25.4 Å². The summed E-state index contributed by atoms with van der Waals surface area (Å²) in [6.07, 6.45) is 18.8. The van der Waals surface area contributed by atoms with Crippen LogP contribution in [0.4, 0.5) is 10.5 Å². The van der Waals surface area contributed by atoms with Gasteiger partial charge >= 0.3 is 6.03 Å². The molecule has 0 radical (unpaired) electrons. The highest BCUT2D eigenvalue weighted by Gasteiger charge is 2.30. The summed E-state index contributed by atoms with van der Waals surface area (Å²) < 4.78 is 5.57. The van der Waals surface area contributed by atoms with Crippen molar-refractivity contribution in [2.45, 2.75) is 96.2 Å². The fraction of sp³-hybridized carbons (Fsp3) is 0.724. The number of guanidine groups is 1. The van der Waals surface area contributed by atoms with Gasteiger partial charge in [-0.05, 0) is 44.2 Å². The van der Waals surface area contributed by atoms with E-state index in [0.29, 0.717) is 12.0 Å². The maximum atomic E-state index is 13.4. The molecule has 1 saturated carbocycles. The molecule has 39 heavy (non-hydrogen) atoms. The second-order valence-corrected chi connectivity index (χ2v) is 10.5. The number of nitrogens with one attached hydrogen (secondary N) is 3. The highest BCUT2D eigenvalue weighted by Crippen LogP contribution is 2.20. The van der Waals surface area contributed by atoms with Gasteiger partial charge in [0.05, 0.1) is 19.4 Å². The second-order valence-electron chi connectivity index (χ2n) is 10.5. The lowest BCUT2D eigenvalue weighted by atomic mass is 9.96. The lowest BCUT2D eigenvalue weighted by Gasteiger charge is -2.41. The first-order valence-electron chi connectivity index (χ1n) is 15.0. The number of urea groups is 1. The zero-order valence-electron chi connectivity index (χ0n) is 23.7. The molecule has 1 atom stereocenters. The van der Waals surface area contributed by atoms with E-state index in [1.54, 1.807) is 12.4 Å². The van der Waals surface area contributed by atoms with Gasteiger partial charge < -0.3 is 25.6 Å². The van der Waals surface area contributed by atoms with E-state index in [2.05, 4.69) is 42.7 Å². The number of nitriles is 1. The molecule has 1 aliphatic carbocycles. The number of hydrogen-bond donors (Lipinski definition) is 3. The Bertz CT molecular complexity index is 879. The quantitative estimate of drug-likeness (QED) is 0.136. The van der Waals surface area contributed by atoms with Crippen LogP contribution in [0.15, 0.2) is 29.5 Å². The molecule has 2 heterocycles. The van der Waals surface area contributed by atoms with Gasteiger partial charge in [0, 0.05) is 50.3 Å². The van der Waals surface area contributed by atoms with Crippen molar-refractivity contribution in [3.63, 3.8) is 0 Å². The third kappa shape index (κ3) is 11.4. The number of carbonyl (C=O) groups excluding carboxylic acids is 1. The van der Waals surface area contributed by atoms with Crippen LogP contribution in [-0.4, -0.2) is 78.4 Å². The van der Waals surface area contributed by atoms with Crippen LogP contribution < -0.4 is 16.0 Å². The van der Waals surface area contributed by atoms with Gasteiger partial charge in [0.2, 0.25) is 12.2 Å². The number of unbranched alkanes of at least 4 members (excludes halogenated alkanes) is 5. The fourth-order valence-corrected chi connectivity index (χ4v) is 5.50. The van der Waals surface area contributed by atoms with E-state index in [9.17, 15) is 4.79 Å². The number of aliphatic imine (C=N–C) groups is 1. The second kappa shape index (κ2) is 18.4. The first-order chi connectivity index (χ1) is 19.2. The van der Waals surface area contributed by atoms with Gasteiger partial charge in [0.1, 0.15) is 0 Å². The van der Waals surface area contributed by atoms with Gasteiger partial charge in [-0.1, -0.05) is 51.9 Å². The van der Waals surface area contributed by atoms with E-state index < -0.39 is 0 Å². The minimum atomic E-state index is 0.113. The third-order valence-corrected chi connectivity index (χ3v) is 7.61. The number of carbonyl (C=O) groups is 1. The van der Waals surface area contributed by atoms with Gasteiger partial charge in [-0.2, -0.15) is 5.26 Å². The highest BCUT2D eigenvalue weighted by atomic mass is 16.5. The Balaban J connectivity index is 1.36. The van der Waals surface area contributed by atoms with Gasteiger partial charge in [-0.25, -0.2) is 4.79 Å². The number of amides is 2. The molecule has 10 nitrogen and oxygen atoms in total. The van der Waals surface area contributed by atoms with E-state index in [-0.39, 0.29) is 12.2 Å². The molecule has 1 unspecified atom stereocenters. The summed E-state index contributed by atoms with van der Waals surface area (Å²) in [5.41, 5.74) is 0.840. The molecule has 0 aromatic carbocycles. The minimum Gasteiger partial charge on any atom is -0.379 e. The maximum Gasteiger partial charge on any atom is 0.318 e. The minimum absolute atomic E-state index is 0.113. The zero-order valence-corrected chi connectivity index (χ0v) is 23.7. The Kier molecular flexibility index (Phi) is 14.5. The maximum absolute atomic E-state index is 13.4. The summed E-state index contributed by atoms with van der Waals surface area (Å²) in [6, 6.07) is 4.10. The van der Waals surface area contributed by atoms with E-state index in [1.807, 2.05) is 18.3 Å². The molecule has 10 heteroatoms. The molecule has 3 N–H and O–H groups in total. The summed E-state index contributed by atoms with van der Waals surface area (Å²) in [7, 11) is 0. The first kappa shape index (κ1) is 30.6. The van der Waals surface area contributed by atoms with Crippen molar-refractivity contribution in [2.24, 2.45) is 4.99 Å². The average Bonchev–Trinajstić information content (AvgIpc) is 2.97. The van der Waals surface area contributed by atoms with Crippen LogP contribution in [-0.2, 0) is 4.74 Å². The Hall–Kier alpha value is -2.90. The number of morpholine rings is 1. The average molecular weight is 541 g/mol. The van der Waals surface area contributed by atoms with Crippen molar-refractivity contribution < 1.29 is 9.53 Å². The van der Waals surface area contributed by atoms with Gasteiger partial charge in [0.15, 0.2) is 0 Å². The van der Waals surface area contributed by atoms with Crippen molar-refractivity contribution in [1.29, 1.82) is 5.26 Å². The molecule has 216 valence electrons. The molecular formula is C29H48N8O2. The Labute approximate surface area is 234 Å². The SMILES string of the molecule is CCC(N1CCOCC1)N(CCCCCCCCN/C(=N\C#N)Nc1ccncc1)C(=O)NC1CCCCC1. The molecule has 0 bridgehead atoms. The van der Waals surface area contributed by atoms with Crippen LogP contribution in [0, 0.1) is 11.5 Å². The lowest BCUT2D eigenvalue weighted by Crippen LogP contribution is -2.57. The zero-order chi connectivity index (χ0) is 27.5. The number of anilines is 1. The summed E-state index contributed by atoms with van der Waals surface area (Å²) >= 11 is 0. The molecule has 2 amide bonds. The largest absolute Gasteiger partial charge is 0.379 e. The standard InChI is InChI=1S/C29H48N8O2/c1-2-27(36-20-22-39-23-21-36)37(29(38)35-25-12-8-7-9-13-25)19-11-6-4-3-5-10-16-32-28(33-24-30)34-26-14-17-31-18-15-26/h14-15,17-18,25,27H,2-13,16,19-23H2,1H3,(H,35,38)(H2,31,32,33,34). The van der Waals surface area contributed by atoms with Gasteiger partial charge in [-0.15, -0.1) is 4.99 Å². The van der Waals surface area contributed by atoms with E-state index in [4.69, 9.17) is 10.00 Å². The van der Waals surface area contributed by atoms with Crippen molar-refractivity contribution in [3.05, 3.63) is 24.5 Å². The third-order valence-electron chi connectivity index (χ3n) is 7.61. The number of nitrogens with zero attached hydrogens (tertiary/aromatic N) is 5. The van der Waals surface area contributed by atoms with Crippen LogP contribution >= 0.6 is 0 Å². The van der Waals surface area contributed by atoms with E-state index in [1.165, 1.54) is 19.3 Å². The van der Waals surface area contributed by atoms with Crippen LogP contribution in [0.25, 0.3) is 0 Å². The predicted molar refractivity (Wildman–Crippen MR) is 155 cm³/mol. The van der Waals surface area contributed by atoms with Crippen LogP contribution in [0.3, 0.4) is 0 Å². The normalized spacial score (nSPS) is 17.7. The Morgan fingerprint density at radius 2 is 1.82 bits per heavy atom. The number of pyridine rings is 1. The molecule has 1 aliphatic heterocycles. The topological polar surface area (TPSA) is 118 Å². The highest BCUT2D eigenvalue weighted by molar-refractivity contribution is 5.94. The molecular weight excluding hydrogens is 492 g/mol. The molecule has 1 aromatic heterocycles. The van der Waals surface area contributed by atoms with Crippen molar-refractivity contribution >= 4 is 17.7 Å². The Morgan fingerprint density at radius 1 is 1.13 bits per heavy atom. The summed E-state index contributed by atoms with van der Waals surface area (Å²) in [6.45, 7) is 7.00. The number of ether oxygens (including phenoxy) is 1. The monoisotopic (exact) mass is 540 g/mol. The van der Waals surface area contributed by atoms with Crippen LogP contribution in [0.5, 0.6) is 0 Å². The first-order valence-corrected chi connectivity index (χ1v) is 15.0. The molecule has 0 spiro atoms. The molecule has 3 rings (SSSR count). The number of hydrogen-bond acceptors (Lipinski definition) is 6. The predicted octanol–water partition coefficient (Wildman–Crippen LogP) is 4.67. The fourth-order valence-electron chi connectivity index (χ4n) is 5.50. The number of rotatable bonds is 14. The lowest BCUT2D eigenvalue weighted by molar-refractivity contribution is -0.0231. The number of aromatic nitrogens is 1. The molecule has 2 fully saturated rings. The van der Waals surface area contributed by atoms with Gasteiger partial charge in [0.25, 0.3) is 0 Å². The molecule has 2 aliphatic rings. The van der Waals surface area contributed by atoms with Crippen molar-refractivity contribution in [2.75, 3.05) is 44.7 Å². The van der Waals surface area contributed by atoms with Crippen LogP contribution in [0.1, 0.15) is 84.0 Å². The van der Waals surface area contributed by atoms with Gasteiger partial charge in [-0.3, -0.25) is 9.88 Å². The summed E-state index contributed by atoms with van der Waals surface area (Å²) in [5.74, 6) is 0.459. The van der Waals surface area contributed by atoms with Crippen LogP contribution in [0.2, 0.25) is 0 Å². The van der Waals surface area contributed by atoms with E-state index in [0.717, 1.165) is 103 Å². The summed E-state index contributed by atoms with van der Waals surface area (Å²) in [4.78, 5) is 25.8. The van der Waals surface area contributed by atoms with Crippen molar-refractivity contribution in [3.8, 4) is 6.19 Å². The Morgan fingerprint density at radius 3 is 2.51 bits per heavy atom. The summed E-state index contributed by atoms with van der Waals surface area (Å²) in [5, 5.41) is 18.6. The molecule has 1 aromatic rings. The molecule has 1 saturated heterocycles. The smallest absolute Gasteiger partial charge is 0.318 e.